The van der Waals surface area contributed by atoms with E-state index in [1.54, 1.807) is 28.6 Å². The SMILES string of the molecule is CN(CCCn1c(=N)n(CC(=O)c2ccccc2)c2ccccc21)C(=O)c1ccccc1. The Morgan fingerprint density at radius 1 is 0.781 bits per heavy atom. The van der Waals surface area contributed by atoms with Gasteiger partial charge in [-0.3, -0.25) is 15.0 Å². The van der Waals surface area contributed by atoms with Crippen LogP contribution in [0.3, 0.4) is 0 Å². The molecule has 0 radical (unpaired) electrons. The molecule has 0 bridgehead atoms. The van der Waals surface area contributed by atoms with Gasteiger partial charge in [-0.25, -0.2) is 0 Å². The number of Topliss-reactive ketones (excluding diaryl/α,β-unsaturated/α-hetero) is 1. The van der Waals surface area contributed by atoms with Gasteiger partial charge in [0.2, 0.25) is 5.62 Å². The molecule has 32 heavy (non-hydrogen) atoms. The highest BCUT2D eigenvalue weighted by molar-refractivity contribution is 5.96. The second kappa shape index (κ2) is 9.47. The molecule has 0 spiro atoms. The van der Waals surface area contributed by atoms with Crippen LogP contribution in [-0.4, -0.2) is 39.3 Å². The summed E-state index contributed by atoms with van der Waals surface area (Å²) in [6.45, 7) is 1.27. The maximum atomic E-state index is 12.8. The number of carbonyl (C=O) groups is 2. The average Bonchev–Trinajstić information content (AvgIpc) is 3.10. The minimum atomic E-state index is -0.0276. The first-order valence-corrected chi connectivity index (χ1v) is 10.7. The molecule has 0 aliphatic heterocycles. The number of aryl methyl sites for hydroxylation is 1. The number of hydrogen-bond acceptors (Lipinski definition) is 3. The number of benzene rings is 3. The van der Waals surface area contributed by atoms with Crippen LogP contribution in [0.5, 0.6) is 0 Å². The molecule has 4 rings (SSSR count). The summed E-state index contributed by atoms with van der Waals surface area (Å²) in [6, 6.07) is 26.1. The Morgan fingerprint density at radius 2 is 1.31 bits per heavy atom. The first kappa shape index (κ1) is 21.3. The van der Waals surface area contributed by atoms with Crippen molar-refractivity contribution in [2.45, 2.75) is 19.5 Å². The number of carbonyl (C=O) groups excluding carboxylic acids is 2. The van der Waals surface area contributed by atoms with E-state index in [2.05, 4.69) is 0 Å². The number of nitrogens with one attached hydrogen (secondary N) is 1. The van der Waals surface area contributed by atoms with Crippen molar-refractivity contribution in [3.63, 3.8) is 0 Å². The lowest BCUT2D eigenvalue weighted by Crippen LogP contribution is -2.30. The third-order valence-electron chi connectivity index (χ3n) is 5.61. The molecule has 6 heteroatoms. The molecule has 0 aliphatic carbocycles. The number of imidazole rings is 1. The Balaban J connectivity index is 1.51. The Morgan fingerprint density at radius 3 is 1.94 bits per heavy atom. The fourth-order valence-electron chi connectivity index (χ4n) is 3.91. The van der Waals surface area contributed by atoms with Crippen LogP contribution in [0.4, 0.5) is 0 Å². The highest BCUT2D eigenvalue weighted by atomic mass is 16.2. The summed E-state index contributed by atoms with van der Waals surface area (Å²) in [5, 5.41) is 8.73. The maximum absolute atomic E-state index is 12.8. The van der Waals surface area contributed by atoms with Crippen molar-refractivity contribution >= 4 is 22.7 Å². The summed E-state index contributed by atoms with van der Waals surface area (Å²) in [6.07, 6.45) is 0.701. The first-order chi connectivity index (χ1) is 15.6. The summed E-state index contributed by atoms with van der Waals surface area (Å²) < 4.78 is 3.66. The van der Waals surface area contributed by atoms with Gasteiger partial charge in [0.1, 0.15) is 0 Å². The Kier molecular flexibility index (Phi) is 6.31. The lowest BCUT2D eigenvalue weighted by Gasteiger charge is -2.17. The molecule has 1 aromatic heterocycles. The third kappa shape index (κ3) is 4.39. The van der Waals surface area contributed by atoms with Gasteiger partial charge in [0.15, 0.2) is 5.78 Å². The maximum Gasteiger partial charge on any atom is 0.253 e. The van der Waals surface area contributed by atoms with Crippen LogP contribution < -0.4 is 5.62 Å². The number of fused-ring (bicyclic) bond motifs is 1. The molecule has 0 unspecified atom stereocenters. The van der Waals surface area contributed by atoms with Gasteiger partial charge >= 0.3 is 0 Å². The van der Waals surface area contributed by atoms with E-state index in [9.17, 15) is 9.59 Å². The van der Waals surface area contributed by atoms with Crippen LogP contribution in [0, 0.1) is 5.41 Å². The van der Waals surface area contributed by atoms with E-state index < -0.39 is 0 Å². The lowest BCUT2D eigenvalue weighted by atomic mass is 10.1. The quantitative estimate of drug-likeness (QED) is 0.433. The van der Waals surface area contributed by atoms with Crippen molar-refractivity contribution in [2.75, 3.05) is 13.6 Å². The Bertz CT molecular complexity index is 1290. The minimum absolute atomic E-state index is 0.0161. The van der Waals surface area contributed by atoms with Gasteiger partial charge in [-0.15, -0.1) is 0 Å². The first-order valence-electron chi connectivity index (χ1n) is 10.7. The molecule has 162 valence electrons. The van der Waals surface area contributed by atoms with E-state index in [4.69, 9.17) is 5.41 Å². The van der Waals surface area contributed by atoms with Crippen LogP contribution in [0.2, 0.25) is 0 Å². The highest BCUT2D eigenvalue weighted by Crippen LogP contribution is 2.15. The molecule has 1 heterocycles. The number of para-hydroxylation sites is 2. The van der Waals surface area contributed by atoms with E-state index in [0.29, 0.717) is 30.6 Å². The standard InChI is InChI=1S/C26H26N4O2/c1-28(25(32)21-13-6-3-7-14-21)17-10-18-29-22-15-8-9-16-23(22)30(26(29)27)19-24(31)20-11-4-2-5-12-20/h2-9,11-16,27H,10,17-19H2,1H3. The van der Waals surface area contributed by atoms with Gasteiger partial charge in [0.25, 0.3) is 5.91 Å². The smallest absolute Gasteiger partial charge is 0.253 e. The third-order valence-corrected chi connectivity index (χ3v) is 5.61. The van der Waals surface area contributed by atoms with Crippen molar-refractivity contribution in [3.05, 3.63) is 102 Å². The van der Waals surface area contributed by atoms with E-state index in [1.807, 2.05) is 77.4 Å². The zero-order valence-corrected chi connectivity index (χ0v) is 18.1. The monoisotopic (exact) mass is 426 g/mol. The fourth-order valence-corrected chi connectivity index (χ4v) is 3.91. The van der Waals surface area contributed by atoms with E-state index in [0.717, 1.165) is 11.0 Å². The largest absolute Gasteiger partial charge is 0.342 e. The number of nitrogens with zero attached hydrogens (tertiary/aromatic N) is 3. The molecule has 0 saturated carbocycles. The van der Waals surface area contributed by atoms with Gasteiger partial charge in [-0.2, -0.15) is 0 Å². The number of ketones is 1. The van der Waals surface area contributed by atoms with Crippen LogP contribution in [-0.2, 0) is 13.1 Å². The van der Waals surface area contributed by atoms with Crippen molar-refractivity contribution in [1.29, 1.82) is 5.41 Å². The van der Waals surface area contributed by atoms with E-state index in [-0.39, 0.29) is 23.9 Å². The fraction of sp³-hybridized carbons (Fsp3) is 0.192. The second-order valence-corrected chi connectivity index (χ2v) is 7.79. The van der Waals surface area contributed by atoms with Crippen LogP contribution >= 0.6 is 0 Å². The Labute approximate surface area is 186 Å². The number of amides is 1. The average molecular weight is 427 g/mol. The zero-order valence-electron chi connectivity index (χ0n) is 18.1. The molecule has 0 saturated heterocycles. The van der Waals surface area contributed by atoms with Crippen LogP contribution in [0.1, 0.15) is 27.1 Å². The summed E-state index contributed by atoms with van der Waals surface area (Å²) >= 11 is 0. The van der Waals surface area contributed by atoms with Gasteiger partial charge in [0, 0.05) is 31.3 Å². The molecule has 6 nitrogen and oxygen atoms in total. The zero-order chi connectivity index (χ0) is 22.5. The van der Waals surface area contributed by atoms with Crippen molar-refractivity contribution < 1.29 is 9.59 Å². The molecule has 0 atom stereocenters. The highest BCUT2D eigenvalue weighted by Gasteiger charge is 2.15. The predicted molar refractivity (Wildman–Crippen MR) is 125 cm³/mol. The summed E-state index contributed by atoms with van der Waals surface area (Å²) in [5.74, 6) is -0.0437. The molecule has 0 fully saturated rings. The summed E-state index contributed by atoms with van der Waals surface area (Å²) in [5.41, 5.74) is 3.36. The van der Waals surface area contributed by atoms with Gasteiger partial charge in [-0.1, -0.05) is 60.7 Å². The molecule has 0 aliphatic rings. The normalized spacial score (nSPS) is 10.9. The molecule has 1 N–H and O–H groups in total. The van der Waals surface area contributed by atoms with Gasteiger partial charge in [0.05, 0.1) is 17.6 Å². The molecular formula is C26H26N4O2. The molecule has 3 aromatic carbocycles. The summed E-state index contributed by atoms with van der Waals surface area (Å²) in [4.78, 5) is 27.0. The lowest BCUT2D eigenvalue weighted by molar-refractivity contribution is 0.0791. The minimum Gasteiger partial charge on any atom is -0.342 e. The molecular weight excluding hydrogens is 400 g/mol. The van der Waals surface area contributed by atoms with Crippen LogP contribution in [0.15, 0.2) is 84.9 Å². The van der Waals surface area contributed by atoms with Crippen molar-refractivity contribution in [2.24, 2.45) is 0 Å². The number of rotatable bonds is 8. The van der Waals surface area contributed by atoms with Crippen LogP contribution in [0.25, 0.3) is 11.0 Å². The van der Waals surface area contributed by atoms with E-state index in [1.165, 1.54) is 0 Å². The van der Waals surface area contributed by atoms with E-state index >= 15 is 0 Å². The molecule has 1 amide bonds. The number of aromatic nitrogens is 2. The Hall–Kier alpha value is -3.93. The molecule has 4 aromatic rings. The topological polar surface area (TPSA) is 71.1 Å². The van der Waals surface area contributed by atoms with Crippen molar-refractivity contribution in [3.8, 4) is 0 Å². The second-order valence-electron chi connectivity index (χ2n) is 7.79. The van der Waals surface area contributed by atoms with Gasteiger partial charge in [-0.05, 0) is 30.7 Å². The van der Waals surface area contributed by atoms with Crippen molar-refractivity contribution in [1.82, 2.24) is 14.0 Å². The van der Waals surface area contributed by atoms with Gasteiger partial charge < -0.3 is 14.0 Å². The number of hydrogen-bond donors (Lipinski definition) is 1. The summed E-state index contributed by atoms with van der Waals surface area (Å²) in [7, 11) is 1.80. The predicted octanol–water partition coefficient (Wildman–Crippen LogP) is 3.97.